The monoisotopic (exact) mass is 269 g/mol. The SMILES string of the molecule is CC(C)NCCN1CCN(CCC(C)(C)C)CC1=O. The van der Waals surface area contributed by atoms with E-state index in [0.29, 0.717) is 18.0 Å². The van der Waals surface area contributed by atoms with E-state index in [9.17, 15) is 4.79 Å². The first-order valence-corrected chi connectivity index (χ1v) is 7.51. The molecule has 0 aromatic heterocycles. The number of nitrogens with zero attached hydrogens (tertiary/aromatic N) is 2. The van der Waals surface area contributed by atoms with E-state index in [-0.39, 0.29) is 5.91 Å². The zero-order valence-corrected chi connectivity index (χ0v) is 13.3. The van der Waals surface area contributed by atoms with Gasteiger partial charge >= 0.3 is 0 Å². The number of carbonyl (C=O) groups excluding carboxylic acids is 1. The molecule has 0 bridgehead atoms. The minimum absolute atomic E-state index is 0.283. The van der Waals surface area contributed by atoms with Gasteiger partial charge in [0.25, 0.3) is 0 Å². The van der Waals surface area contributed by atoms with Crippen molar-refractivity contribution in [3.63, 3.8) is 0 Å². The summed E-state index contributed by atoms with van der Waals surface area (Å²) in [6, 6.07) is 0.489. The number of piperazine rings is 1. The largest absolute Gasteiger partial charge is 0.339 e. The Balaban J connectivity index is 2.25. The molecule has 0 saturated carbocycles. The molecule has 1 fully saturated rings. The fraction of sp³-hybridized carbons (Fsp3) is 0.933. The van der Waals surface area contributed by atoms with Crippen molar-refractivity contribution in [2.24, 2.45) is 5.41 Å². The summed E-state index contributed by atoms with van der Waals surface area (Å²) in [5.74, 6) is 0.283. The van der Waals surface area contributed by atoms with E-state index in [0.717, 1.165) is 39.1 Å². The van der Waals surface area contributed by atoms with Crippen LogP contribution in [0.3, 0.4) is 0 Å². The highest BCUT2D eigenvalue weighted by Crippen LogP contribution is 2.19. The number of nitrogens with one attached hydrogen (secondary N) is 1. The quantitative estimate of drug-likeness (QED) is 0.795. The molecule has 19 heavy (non-hydrogen) atoms. The van der Waals surface area contributed by atoms with Gasteiger partial charge in [0.15, 0.2) is 0 Å². The van der Waals surface area contributed by atoms with Gasteiger partial charge in [0.2, 0.25) is 5.91 Å². The van der Waals surface area contributed by atoms with E-state index >= 15 is 0 Å². The Morgan fingerprint density at radius 3 is 2.42 bits per heavy atom. The second-order valence-corrected chi connectivity index (χ2v) is 7.08. The number of hydrogen-bond acceptors (Lipinski definition) is 3. The van der Waals surface area contributed by atoms with Gasteiger partial charge < -0.3 is 10.2 Å². The highest BCUT2D eigenvalue weighted by atomic mass is 16.2. The number of amides is 1. The summed E-state index contributed by atoms with van der Waals surface area (Å²) in [6.45, 7) is 16.3. The zero-order chi connectivity index (χ0) is 14.5. The molecule has 112 valence electrons. The standard InChI is InChI=1S/C15H31N3O/c1-13(2)16-7-9-18-11-10-17(12-14(18)19)8-6-15(3,4)5/h13,16H,6-12H2,1-5H3. The maximum Gasteiger partial charge on any atom is 0.236 e. The molecule has 1 aliphatic rings. The summed E-state index contributed by atoms with van der Waals surface area (Å²) in [6.07, 6.45) is 1.15. The van der Waals surface area contributed by atoms with Gasteiger partial charge in [-0.2, -0.15) is 0 Å². The Labute approximate surface area is 118 Å². The van der Waals surface area contributed by atoms with Crippen LogP contribution >= 0.6 is 0 Å². The predicted octanol–water partition coefficient (Wildman–Crippen LogP) is 1.56. The van der Waals surface area contributed by atoms with Crippen molar-refractivity contribution < 1.29 is 4.79 Å². The molecular formula is C15H31N3O. The van der Waals surface area contributed by atoms with Crippen LogP contribution < -0.4 is 5.32 Å². The average molecular weight is 269 g/mol. The molecule has 0 aromatic carbocycles. The lowest BCUT2D eigenvalue weighted by Gasteiger charge is -2.35. The summed E-state index contributed by atoms with van der Waals surface area (Å²) in [5.41, 5.74) is 0.349. The summed E-state index contributed by atoms with van der Waals surface area (Å²) in [7, 11) is 0. The van der Waals surface area contributed by atoms with Gasteiger partial charge in [0.05, 0.1) is 6.54 Å². The molecule has 1 heterocycles. The molecule has 0 aromatic rings. The van der Waals surface area contributed by atoms with Gasteiger partial charge in [-0.1, -0.05) is 34.6 Å². The second kappa shape index (κ2) is 7.25. The van der Waals surface area contributed by atoms with E-state index < -0.39 is 0 Å². The van der Waals surface area contributed by atoms with Gasteiger partial charge in [-0.05, 0) is 18.4 Å². The average Bonchev–Trinajstić information content (AvgIpc) is 2.27. The van der Waals surface area contributed by atoms with Crippen molar-refractivity contribution in [1.29, 1.82) is 0 Å². The van der Waals surface area contributed by atoms with Gasteiger partial charge in [0.1, 0.15) is 0 Å². The highest BCUT2D eigenvalue weighted by Gasteiger charge is 2.24. The molecule has 0 atom stereocenters. The van der Waals surface area contributed by atoms with E-state index in [1.54, 1.807) is 0 Å². The number of hydrogen-bond donors (Lipinski definition) is 1. The highest BCUT2D eigenvalue weighted by molar-refractivity contribution is 5.79. The molecule has 1 saturated heterocycles. The Morgan fingerprint density at radius 1 is 1.21 bits per heavy atom. The van der Waals surface area contributed by atoms with E-state index in [4.69, 9.17) is 0 Å². The first-order chi connectivity index (χ1) is 8.78. The fourth-order valence-electron chi connectivity index (χ4n) is 2.17. The third kappa shape index (κ3) is 6.92. The first-order valence-electron chi connectivity index (χ1n) is 7.51. The van der Waals surface area contributed by atoms with Crippen LogP contribution in [0.15, 0.2) is 0 Å². The summed E-state index contributed by atoms with van der Waals surface area (Å²) >= 11 is 0. The smallest absolute Gasteiger partial charge is 0.236 e. The van der Waals surface area contributed by atoms with Gasteiger partial charge in [-0.3, -0.25) is 9.69 Å². The Hall–Kier alpha value is -0.610. The van der Waals surface area contributed by atoms with Crippen LogP contribution in [-0.4, -0.2) is 61.0 Å². The van der Waals surface area contributed by atoms with Crippen LogP contribution in [0.5, 0.6) is 0 Å². The molecule has 1 rings (SSSR count). The van der Waals surface area contributed by atoms with Gasteiger partial charge in [-0.25, -0.2) is 0 Å². The molecule has 1 aliphatic heterocycles. The van der Waals surface area contributed by atoms with Crippen molar-refractivity contribution in [3.05, 3.63) is 0 Å². The topological polar surface area (TPSA) is 35.6 Å². The van der Waals surface area contributed by atoms with Crippen LogP contribution in [0.25, 0.3) is 0 Å². The number of carbonyl (C=O) groups is 1. The lowest BCUT2D eigenvalue weighted by molar-refractivity contribution is -0.136. The van der Waals surface area contributed by atoms with Gasteiger partial charge in [0, 0.05) is 32.2 Å². The van der Waals surface area contributed by atoms with Crippen LogP contribution in [0.1, 0.15) is 41.0 Å². The molecule has 0 radical (unpaired) electrons. The van der Waals surface area contributed by atoms with Crippen LogP contribution in [0.2, 0.25) is 0 Å². The van der Waals surface area contributed by atoms with E-state index in [1.807, 2.05) is 4.90 Å². The lowest BCUT2D eigenvalue weighted by atomic mass is 9.92. The maximum absolute atomic E-state index is 12.1. The van der Waals surface area contributed by atoms with Gasteiger partial charge in [-0.15, -0.1) is 0 Å². The van der Waals surface area contributed by atoms with E-state index in [2.05, 4.69) is 44.8 Å². The predicted molar refractivity (Wildman–Crippen MR) is 80.2 cm³/mol. The molecule has 0 spiro atoms. The van der Waals surface area contributed by atoms with Crippen molar-refractivity contribution >= 4 is 5.91 Å². The number of rotatable bonds is 6. The summed E-state index contributed by atoms with van der Waals surface area (Å²) in [4.78, 5) is 16.3. The molecule has 1 N–H and O–H groups in total. The lowest BCUT2D eigenvalue weighted by Crippen LogP contribution is -2.52. The minimum Gasteiger partial charge on any atom is -0.339 e. The molecule has 1 amide bonds. The van der Waals surface area contributed by atoms with Crippen LogP contribution in [-0.2, 0) is 4.79 Å². The molecular weight excluding hydrogens is 238 g/mol. The molecule has 4 nitrogen and oxygen atoms in total. The van der Waals surface area contributed by atoms with Crippen LogP contribution in [0.4, 0.5) is 0 Å². The Bertz CT molecular complexity index is 284. The maximum atomic E-state index is 12.1. The zero-order valence-electron chi connectivity index (χ0n) is 13.3. The Morgan fingerprint density at radius 2 is 1.89 bits per heavy atom. The molecule has 0 aliphatic carbocycles. The van der Waals surface area contributed by atoms with Crippen molar-refractivity contribution in [2.45, 2.75) is 47.1 Å². The third-order valence-electron chi connectivity index (χ3n) is 3.51. The first kappa shape index (κ1) is 16.4. The van der Waals surface area contributed by atoms with Crippen LogP contribution in [0, 0.1) is 5.41 Å². The summed E-state index contributed by atoms with van der Waals surface area (Å²) in [5, 5.41) is 3.36. The van der Waals surface area contributed by atoms with Crippen molar-refractivity contribution in [1.82, 2.24) is 15.1 Å². The molecule has 4 heteroatoms. The summed E-state index contributed by atoms with van der Waals surface area (Å²) < 4.78 is 0. The minimum atomic E-state index is 0.283. The normalized spacial score (nSPS) is 18.4. The van der Waals surface area contributed by atoms with Crippen molar-refractivity contribution in [3.8, 4) is 0 Å². The Kier molecular flexibility index (Phi) is 6.27. The second-order valence-electron chi connectivity index (χ2n) is 7.08. The molecule has 0 unspecified atom stereocenters. The third-order valence-corrected chi connectivity index (χ3v) is 3.51. The van der Waals surface area contributed by atoms with E-state index in [1.165, 1.54) is 0 Å². The van der Waals surface area contributed by atoms with Crippen molar-refractivity contribution in [2.75, 3.05) is 39.3 Å². The fourth-order valence-corrected chi connectivity index (χ4v) is 2.17.